The molecule has 8 heteroatoms. The summed E-state index contributed by atoms with van der Waals surface area (Å²) in [7, 11) is 0. The lowest BCUT2D eigenvalue weighted by atomic mass is 10.0. The third-order valence-electron chi connectivity index (χ3n) is 5.30. The van der Waals surface area contributed by atoms with Crippen molar-refractivity contribution < 1.29 is 19.1 Å². The van der Waals surface area contributed by atoms with Crippen molar-refractivity contribution in [1.82, 2.24) is 9.88 Å². The fourth-order valence-corrected chi connectivity index (χ4v) is 4.96. The minimum absolute atomic E-state index is 0.0127. The minimum atomic E-state index is -0.456. The van der Waals surface area contributed by atoms with Crippen molar-refractivity contribution in [3.63, 3.8) is 0 Å². The topological polar surface area (TPSA) is 88.6 Å². The average molecular weight is 438 g/mol. The number of benzene rings is 1. The lowest BCUT2D eigenvalue weighted by Gasteiger charge is -2.25. The summed E-state index contributed by atoms with van der Waals surface area (Å²) in [5.74, 6) is -0.790. The number of aromatic nitrogens is 1. The number of carbonyl (C=O) groups excluding carboxylic acids is 3. The van der Waals surface area contributed by atoms with Gasteiger partial charge in [-0.3, -0.25) is 14.6 Å². The molecule has 7 nitrogen and oxygen atoms in total. The molecule has 0 aliphatic carbocycles. The van der Waals surface area contributed by atoms with Gasteiger partial charge in [-0.25, -0.2) is 4.79 Å². The number of carbonyl (C=O) groups is 3. The van der Waals surface area contributed by atoms with Gasteiger partial charge in [0, 0.05) is 35.0 Å². The first kappa shape index (κ1) is 21.0. The molecule has 2 amide bonds. The van der Waals surface area contributed by atoms with Crippen molar-refractivity contribution in [3.05, 3.63) is 57.6 Å². The second-order valence-electron chi connectivity index (χ2n) is 7.43. The highest BCUT2D eigenvalue weighted by atomic mass is 32.1. The van der Waals surface area contributed by atoms with Gasteiger partial charge in [0.25, 0.3) is 5.91 Å². The molecule has 0 atom stereocenters. The summed E-state index contributed by atoms with van der Waals surface area (Å²) in [4.78, 5) is 44.6. The summed E-state index contributed by atoms with van der Waals surface area (Å²) in [6.45, 7) is 6.38. The number of anilines is 1. The maximum Gasteiger partial charge on any atom is 0.341 e. The summed E-state index contributed by atoms with van der Waals surface area (Å²) in [5, 5.41) is 4.30. The fraction of sp³-hybridized carbons (Fsp3) is 0.304. The van der Waals surface area contributed by atoms with E-state index in [-0.39, 0.29) is 18.4 Å². The van der Waals surface area contributed by atoms with Crippen LogP contribution in [0.1, 0.15) is 50.7 Å². The Labute approximate surface area is 184 Å². The fourth-order valence-electron chi connectivity index (χ4n) is 3.72. The van der Waals surface area contributed by atoms with E-state index in [0.717, 1.165) is 27.0 Å². The summed E-state index contributed by atoms with van der Waals surface area (Å²) in [6.07, 6.45) is 0.550. The van der Waals surface area contributed by atoms with Gasteiger partial charge in [0.2, 0.25) is 5.91 Å². The van der Waals surface area contributed by atoms with E-state index in [0.29, 0.717) is 35.6 Å². The van der Waals surface area contributed by atoms with Crippen LogP contribution in [0.25, 0.3) is 10.9 Å². The molecule has 2 aromatic heterocycles. The highest BCUT2D eigenvalue weighted by molar-refractivity contribution is 7.17. The van der Waals surface area contributed by atoms with E-state index in [4.69, 9.17) is 4.74 Å². The maximum absolute atomic E-state index is 13.0. The van der Waals surface area contributed by atoms with E-state index in [9.17, 15) is 14.4 Å². The molecule has 1 aromatic carbocycles. The number of ether oxygens (including phenoxy) is 1. The first-order valence-electron chi connectivity index (χ1n) is 10.1. The van der Waals surface area contributed by atoms with Crippen LogP contribution in [0.3, 0.4) is 0 Å². The molecule has 3 aromatic rings. The van der Waals surface area contributed by atoms with Gasteiger partial charge in [-0.2, -0.15) is 0 Å². The quantitative estimate of drug-likeness (QED) is 0.625. The molecule has 31 heavy (non-hydrogen) atoms. The van der Waals surface area contributed by atoms with Gasteiger partial charge in [-0.05, 0) is 44.0 Å². The molecule has 0 radical (unpaired) electrons. The molecule has 3 heterocycles. The van der Waals surface area contributed by atoms with Crippen molar-refractivity contribution in [3.8, 4) is 0 Å². The van der Waals surface area contributed by atoms with E-state index in [1.54, 1.807) is 24.0 Å². The van der Waals surface area contributed by atoms with Gasteiger partial charge in [0.05, 0.1) is 24.2 Å². The second kappa shape index (κ2) is 8.47. The average Bonchev–Trinajstić information content (AvgIpc) is 3.10. The molecule has 0 unspecified atom stereocenters. The maximum atomic E-state index is 13.0. The number of pyridine rings is 1. The van der Waals surface area contributed by atoms with Gasteiger partial charge in [0.15, 0.2) is 0 Å². The number of thiophene rings is 1. The number of nitrogens with one attached hydrogen (secondary N) is 1. The molecule has 4 rings (SSSR count). The number of fused-ring (bicyclic) bond motifs is 2. The lowest BCUT2D eigenvalue weighted by molar-refractivity contribution is -0.129. The number of esters is 1. The van der Waals surface area contributed by atoms with Gasteiger partial charge in [-0.15, -0.1) is 11.3 Å². The van der Waals surface area contributed by atoms with Gasteiger partial charge < -0.3 is 15.0 Å². The van der Waals surface area contributed by atoms with Crippen LogP contribution in [0.4, 0.5) is 5.00 Å². The zero-order valence-electron chi connectivity index (χ0n) is 17.7. The minimum Gasteiger partial charge on any atom is -0.462 e. The molecular formula is C23H23N3O4S. The largest absolute Gasteiger partial charge is 0.462 e. The molecule has 1 aliphatic rings. The third-order valence-corrected chi connectivity index (χ3v) is 6.43. The summed E-state index contributed by atoms with van der Waals surface area (Å²) < 4.78 is 5.25. The Kier molecular flexibility index (Phi) is 5.73. The molecule has 1 N–H and O–H groups in total. The molecule has 0 spiro atoms. The van der Waals surface area contributed by atoms with Crippen molar-refractivity contribution in [2.75, 3.05) is 18.5 Å². The Hall–Kier alpha value is -3.26. The lowest BCUT2D eigenvalue weighted by Crippen LogP contribution is -2.34. The zero-order chi connectivity index (χ0) is 22.1. The first-order chi connectivity index (χ1) is 14.9. The van der Waals surface area contributed by atoms with Gasteiger partial charge in [0.1, 0.15) is 5.00 Å². The highest BCUT2D eigenvalue weighted by Gasteiger charge is 2.30. The highest BCUT2D eigenvalue weighted by Crippen LogP contribution is 2.38. The Bertz CT molecular complexity index is 1200. The molecule has 160 valence electrons. The number of nitrogens with zero attached hydrogens (tertiary/aromatic N) is 2. The Morgan fingerprint density at radius 2 is 2.00 bits per heavy atom. The van der Waals surface area contributed by atoms with Crippen molar-refractivity contribution in [2.45, 2.75) is 33.7 Å². The van der Waals surface area contributed by atoms with Crippen molar-refractivity contribution in [1.29, 1.82) is 0 Å². The molecule has 1 aliphatic heterocycles. The summed E-state index contributed by atoms with van der Waals surface area (Å²) >= 11 is 1.32. The van der Waals surface area contributed by atoms with E-state index >= 15 is 0 Å². The van der Waals surface area contributed by atoms with Gasteiger partial charge >= 0.3 is 5.97 Å². The van der Waals surface area contributed by atoms with Crippen LogP contribution in [-0.4, -0.2) is 40.8 Å². The summed E-state index contributed by atoms with van der Waals surface area (Å²) in [5.41, 5.74) is 3.31. The molecule has 0 saturated carbocycles. The monoisotopic (exact) mass is 437 g/mol. The molecule has 0 saturated heterocycles. The van der Waals surface area contributed by atoms with Crippen LogP contribution in [-0.2, 0) is 22.5 Å². The van der Waals surface area contributed by atoms with E-state index in [1.807, 2.05) is 25.1 Å². The first-order valence-corrected chi connectivity index (χ1v) is 10.9. The van der Waals surface area contributed by atoms with E-state index in [2.05, 4.69) is 10.3 Å². The molecule has 0 bridgehead atoms. The number of hydrogen-bond donors (Lipinski definition) is 1. The Morgan fingerprint density at radius 3 is 2.74 bits per heavy atom. The van der Waals surface area contributed by atoms with Crippen LogP contribution >= 0.6 is 11.3 Å². The van der Waals surface area contributed by atoms with E-state index in [1.165, 1.54) is 18.3 Å². The third kappa shape index (κ3) is 4.16. The number of rotatable bonds is 4. The van der Waals surface area contributed by atoms with E-state index < -0.39 is 5.97 Å². The Morgan fingerprint density at radius 1 is 1.23 bits per heavy atom. The van der Waals surface area contributed by atoms with Crippen LogP contribution < -0.4 is 5.32 Å². The zero-order valence-corrected chi connectivity index (χ0v) is 18.5. The predicted octanol–water partition coefficient (Wildman–Crippen LogP) is 3.94. The standard InChI is InChI=1S/C23H23N3O4S/c1-4-30-23(29)20-17-9-10-26(14(3)27)12-19(17)31-22(20)25-21(28)16-8-7-15-6-5-13(2)24-18(15)11-16/h5-8,11H,4,9-10,12H2,1-3H3,(H,25,28). The van der Waals surface area contributed by atoms with Crippen molar-refractivity contribution in [2.24, 2.45) is 0 Å². The Balaban J connectivity index is 1.68. The normalized spacial score (nSPS) is 13.1. The van der Waals surface area contributed by atoms with Crippen LogP contribution in [0.2, 0.25) is 0 Å². The molecule has 0 fully saturated rings. The number of aryl methyl sites for hydroxylation is 1. The SMILES string of the molecule is CCOC(=O)c1c(NC(=O)c2ccc3ccc(C)nc3c2)sc2c1CCN(C(C)=O)C2. The number of hydrogen-bond acceptors (Lipinski definition) is 6. The second-order valence-corrected chi connectivity index (χ2v) is 8.54. The smallest absolute Gasteiger partial charge is 0.341 e. The van der Waals surface area contributed by atoms with Crippen LogP contribution in [0.5, 0.6) is 0 Å². The predicted molar refractivity (Wildman–Crippen MR) is 120 cm³/mol. The molecular weight excluding hydrogens is 414 g/mol. The van der Waals surface area contributed by atoms with Crippen LogP contribution in [0.15, 0.2) is 30.3 Å². The van der Waals surface area contributed by atoms with Crippen LogP contribution in [0, 0.1) is 6.92 Å². The number of amides is 2. The summed E-state index contributed by atoms with van der Waals surface area (Å²) in [6, 6.07) is 9.23. The van der Waals surface area contributed by atoms with Gasteiger partial charge in [-0.1, -0.05) is 12.1 Å². The van der Waals surface area contributed by atoms with Crippen molar-refractivity contribution >= 4 is 45.0 Å².